The fourth-order valence-corrected chi connectivity index (χ4v) is 5.71. The Morgan fingerprint density at radius 1 is 1.00 bits per heavy atom. The molecule has 1 fully saturated rings. The molecule has 0 saturated carbocycles. The number of fused-ring (bicyclic) bond motifs is 1. The lowest BCUT2D eigenvalue weighted by atomic mass is 9.99. The van der Waals surface area contributed by atoms with Crippen molar-refractivity contribution in [3.8, 4) is 11.4 Å². The van der Waals surface area contributed by atoms with Crippen molar-refractivity contribution in [1.29, 1.82) is 0 Å². The first-order valence-electron chi connectivity index (χ1n) is 13.6. The number of phenolic OH excluding ortho intramolecular Hbond substituents is 1. The summed E-state index contributed by atoms with van der Waals surface area (Å²) in [6.45, 7) is 1.65. The van der Waals surface area contributed by atoms with Crippen LogP contribution >= 0.6 is 0 Å². The normalized spacial score (nSPS) is 17.3. The summed E-state index contributed by atoms with van der Waals surface area (Å²) in [4.78, 5) is 47.8. The largest absolute Gasteiger partial charge is 0.507 e. The molecule has 12 heteroatoms. The average Bonchev–Trinajstić information content (AvgIpc) is 3.48. The summed E-state index contributed by atoms with van der Waals surface area (Å²) in [5.74, 6) is -2.83. The second-order valence-corrected chi connectivity index (χ2v) is 10.4. The molecule has 1 unspecified atom stereocenters. The highest BCUT2D eigenvalue weighted by molar-refractivity contribution is 5.94. The van der Waals surface area contributed by atoms with Gasteiger partial charge in [-0.25, -0.2) is 19.4 Å². The van der Waals surface area contributed by atoms with Gasteiger partial charge in [-0.05, 0) is 67.0 Å². The third kappa shape index (κ3) is 5.19. The second kappa shape index (κ2) is 11.1. The molecule has 1 saturated heterocycles. The molecule has 3 aromatic heterocycles. The highest BCUT2D eigenvalue weighted by Crippen LogP contribution is 2.33. The van der Waals surface area contributed by atoms with Crippen LogP contribution in [-0.4, -0.2) is 69.5 Å². The van der Waals surface area contributed by atoms with Crippen LogP contribution in [0.5, 0.6) is 5.75 Å². The van der Waals surface area contributed by atoms with Crippen molar-refractivity contribution in [3.63, 3.8) is 0 Å². The molecular formula is C31H27N5O7. The van der Waals surface area contributed by atoms with Crippen LogP contribution in [0, 0.1) is 0 Å². The lowest BCUT2D eigenvalue weighted by molar-refractivity contribution is -0.132. The van der Waals surface area contributed by atoms with Crippen LogP contribution < -0.4 is 5.69 Å². The summed E-state index contributed by atoms with van der Waals surface area (Å²) < 4.78 is 3.15. The summed E-state index contributed by atoms with van der Waals surface area (Å²) in [6, 6.07) is 11.1. The summed E-state index contributed by atoms with van der Waals surface area (Å²) in [5, 5.41) is 39.8. The van der Waals surface area contributed by atoms with E-state index in [0.717, 1.165) is 0 Å². The van der Waals surface area contributed by atoms with E-state index in [1.807, 2.05) is 0 Å². The minimum atomic E-state index is -1.29. The van der Waals surface area contributed by atoms with E-state index in [2.05, 4.69) is 14.9 Å². The predicted molar refractivity (Wildman–Crippen MR) is 156 cm³/mol. The van der Waals surface area contributed by atoms with E-state index in [9.17, 15) is 34.8 Å². The van der Waals surface area contributed by atoms with E-state index in [4.69, 9.17) is 0 Å². The first-order chi connectivity index (χ1) is 20.7. The average molecular weight is 582 g/mol. The van der Waals surface area contributed by atoms with Crippen molar-refractivity contribution in [2.24, 2.45) is 0 Å². The van der Waals surface area contributed by atoms with Crippen molar-refractivity contribution in [3.05, 3.63) is 112 Å². The number of allylic oxidation sites excluding steroid dienone is 3. The first kappa shape index (κ1) is 27.7. The molecule has 1 aliphatic carbocycles. The van der Waals surface area contributed by atoms with Crippen molar-refractivity contribution in [1.82, 2.24) is 24.0 Å². The highest BCUT2D eigenvalue weighted by atomic mass is 16.4. The molecule has 2 aliphatic rings. The van der Waals surface area contributed by atoms with Gasteiger partial charge in [0.1, 0.15) is 17.1 Å². The smallest absolute Gasteiger partial charge is 0.339 e. The third-order valence-electron chi connectivity index (χ3n) is 7.72. The SMILES string of the molecule is O=C(O)C1=C(O)C=CCC(c2ccc(-n3c(=O)n(C4CCN(Cc5cc(C(=O)O)ccn5)C4)c4ncccc43)cc2O)=C1. The maximum atomic E-state index is 13.9. The zero-order valence-electron chi connectivity index (χ0n) is 22.8. The van der Waals surface area contributed by atoms with E-state index >= 15 is 0 Å². The summed E-state index contributed by atoms with van der Waals surface area (Å²) in [6.07, 6.45) is 8.30. The number of likely N-dealkylation sites (tertiary alicyclic amines) is 1. The molecule has 43 heavy (non-hydrogen) atoms. The number of aliphatic hydroxyl groups excluding tert-OH is 1. The molecular weight excluding hydrogens is 554 g/mol. The Labute approximate surface area is 244 Å². The zero-order valence-corrected chi connectivity index (χ0v) is 22.8. The van der Waals surface area contributed by atoms with Crippen LogP contribution in [0.3, 0.4) is 0 Å². The van der Waals surface area contributed by atoms with Gasteiger partial charge in [-0.1, -0.05) is 6.08 Å². The minimum absolute atomic E-state index is 0.150. The van der Waals surface area contributed by atoms with Crippen molar-refractivity contribution >= 4 is 28.7 Å². The van der Waals surface area contributed by atoms with Gasteiger partial charge in [0.2, 0.25) is 0 Å². The number of carbonyl (C=O) groups is 2. The first-order valence-corrected chi connectivity index (χ1v) is 13.6. The van der Waals surface area contributed by atoms with Gasteiger partial charge in [0.15, 0.2) is 5.65 Å². The lowest BCUT2D eigenvalue weighted by Gasteiger charge is -2.16. The van der Waals surface area contributed by atoms with Gasteiger partial charge in [0.25, 0.3) is 0 Å². The quantitative estimate of drug-likeness (QED) is 0.252. The molecule has 0 amide bonds. The number of aliphatic hydroxyl groups is 1. The Morgan fingerprint density at radius 3 is 2.60 bits per heavy atom. The van der Waals surface area contributed by atoms with Crippen LogP contribution in [-0.2, 0) is 11.3 Å². The molecule has 4 N–H and O–H groups in total. The Balaban J connectivity index is 1.33. The number of hydrogen-bond acceptors (Lipinski definition) is 8. The van der Waals surface area contributed by atoms with E-state index in [1.54, 1.807) is 47.2 Å². The maximum Gasteiger partial charge on any atom is 0.339 e. The molecule has 4 heterocycles. The number of benzene rings is 1. The standard InChI is InChI=1S/C31H27N5O7/c37-26-5-1-3-18(14-24(26)30(41)42)23-7-6-21(15-27(23)38)35-25-4-2-10-33-28(25)36(31(35)43)22-9-12-34(17-22)16-20-13-19(29(39)40)8-11-32-20/h1-2,4-8,10-11,13-15,22,37-38H,3,9,12,16-17H2,(H,39,40)(H,41,42). The number of aliphatic carboxylic acids is 1. The minimum Gasteiger partial charge on any atom is -0.507 e. The summed E-state index contributed by atoms with van der Waals surface area (Å²) in [7, 11) is 0. The van der Waals surface area contributed by atoms with Crippen molar-refractivity contribution in [2.45, 2.75) is 25.4 Å². The predicted octanol–water partition coefficient (Wildman–Crippen LogP) is 3.67. The third-order valence-corrected chi connectivity index (χ3v) is 7.72. The molecule has 12 nitrogen and oxygen atoms in total. The topological polar surface area (TPSA) is 171 Å². The number of phenols is 1. The lowest BCUT2D eigenvalue weighted by Crippen LogP contribution is -2.29. The number of carboxylic acids is 2. The van der Waals surface area contributed by atoms with Gasteiger partial charge in [0, 0.05) is 43.7 Å². The van der Waals surface area contributed by atoms with E-state index in [1.165, 1.54) is 35.0 Å². The maximum absolute atomic E-state index is 13.9. The molecule has 1 aliphatic heterocycles. The zero-order chi connectivity index (χ0) is 30.2. The number of carboxylic acid groups (broad SMARTS) is 2. The van der Waals surface area contributed by atoms with E-state index in [0.29, 0.717) is 59.7 Å². The van der Waals surface area contributed by atoms with Crippen molar-refractivity contribution < 1.29 is 30.0 Å². The Bertz CT molecular complexity index is 1930. The molecule has 4 aromatic rings. The van der Waals surface area contributed by atoms with E-state index in [-0.39, 0.29) is 40.8 Å². The summed E-state index contributed by atoms with van der Waals surface area (Å²) in [5.41, 5.74) is 2.53. The van der Waals surface area contributed by atoms with Gasteiger partial charge in [-0.15, -0.1) is 0 Å². The van der Waals surface area contributed by atoms with E-state index < -0.39 is 11.9 Å². The molecule has 0 bridgehead atoms. The fourth-order valence-electron chi connectivity index (χ4n) is 5.71. The van der Waals surface area contributed by atoms with Crippen LogP contribution in [0.25, 0.3) is 22.4 Å². The van der Waals surface area contributed by atoms with Crippen molar-refractivity contribution in [2.75, 3.05) is 13.1 Å². The number of nitrogens with zero attached hydrogens (tertiary/aromatic N) is 5. The Kier molecular flexibility index (Phi) is 7.12. The van der Waals surface area contributed by atoms with Gasteiger partial charge < -0.3 is 20.4 Å². The number of aromatic carboxylic acids is 1. The highest BCUT2D eigenvalue weighted by Gasteiger charge is 2.29. The number of rotatable bonds is 7. The van der Waals surface area contributed by atoms with Crippen LogP contribution in [0.4, 0.5) is 0 Å². The summed E-state index contributed by atoms with van der Waals surface area (Å²) >= 11 is 0. The Hall–Kier alpha value is -5.49. The molecule has 0 spiro atoms. The fraction of sp³-hybridized carbons (Fsp3) is 0.194. The Morgan fingerprint density at radius 2 is 1.84 bits per heavy atom. The molecule has 1 atom stereocenters. The van der Waals surface area contributed by atoms with Gasteiger partial charge >= 0.3 is 17.6 Å². The number of aromatic hydroxyl groups is 1. The molecule has 0 radical (unpaired) electrons. The van der Waals surface area contributed by atoms with Gasteiger partial charge in [-0.2, -0.15) is 0 Å². The van der Waals surface area contributed by atoms with Gasteiger partial charge in [-0.3, -0.25) is 19.0 Å². The molecule has 1 aromatic carbocycles. The molecule has 218 valence electrons. The van der Waals surface area contributed by atoms with Crippen LogP contribution in [0.15, 0.2) is 89.2 Å². The molecule has 6 rings (SSSR count). The van der Waals surface area contributed by atoms with Crippen LogP contribution in [0.1, 0.15) is 40.5 Å². The second-order valence-electron chi connectivity index (χ2n) is 10.4. The number of pyridine rings is 2. The monoisotopic (exact) mass is 581 g/mol. The van der Waals surface area contributed by atoms with Crippen LogP contribution in [0.2, 0.25) is 0 Å². The van der Waals surface area contributed by atoms with Gasteiger partial charge in [0.05, 0.1) is 28.5 Å². The number of hydrogen-bond donors (Lipinski definition) is 4. The number of aromatic nitrogens is 4. The number of imidazole rings is 1.